The SMILES string of the molecule is C=CC1=C2CC=CC2c2c(oc3ccccc23)C=C1. The first-order chi connectivity index (χ1) is 9.38. The van der Waals surface area contributed by atoms with Gasteiger partial charge in [-0.2, -0.15) is 0 Å². The molecule has 1 heterocycles. The maximum Gasteiger partial charge on any atom is 0.135 e. The van der Waals surface area contributed by atoms with E-state index >= 15 is 0 Å². The second-order valence-corrected chi connectivity index (χ2v) is 5.00. The largest absolute Gasteiger partial charge is 0.456 e. The first-order valence-electron chi connectivity index (χ1n) is 6.60. The van der Waals surface area contributed by atoms with Gasteiger partial charge < -0.3 is 4.42 Å². The molecular weight excluding hydrogens is 232 g/mol. The molecular formula is C18H14O. The minimum absolute atomic E-state index is 0.335. The average Bonchev–Trinajstić information content (AvgIpc) is 3.00. The molecule has 0 fully saturated rings. The second-order valence-electron chi connectivity index (χ2n) is 5.00. The average molecular weight is 246 g/mol. The lowest BCUT2D eigenvalue weighted by Crippen LogP contribution is -1.96. The zero-order valence-corrected chi connectivity index (χ0v) is 10.6. The van der Waals surface area contributed by atoms with E-state index in [4.69, 9.17) is 4.42 Å². The van der Waals surface area contributed by atoms with Gasteiger partial charge in [0.25, 0.3) is 0 Å². The number of hydrogen-bond acceptors (Lipinski definition) is 1. The number of fused-ring (bicyclic) bond motifs is 5. The molecule has 2 aliphatic rings. The molecule has 0 radical (unpaired) electrons. The number of hydrogen-bond donors (Lipinski definition) is 0. The number of allylic oxidation sites excluding steroid dienone is 6. The third kappa shape index (κ3) is 1.42. The molecule has 0 bridgehead atoms. The van der Waals surface area contributed by atoms with Crippen LogP contribution in [0.3, 0.4) is 0 Å². The van der Waals surface area contributed by atoms with Crippen LogP contribution in [0.25, 0.3) is 17.0 Å². The van der Waals surface area contributed by atoms with Crippen LogP contribution in [0.5, 0.6) is 0 Å². The minimum Gasteiger partial charge on any atom is -0.456 e. The molecule has 2 aromatic rings. The molecule has 1 atom stereocenters. The molecule has 0 N–H and O–H groups in total. The topological polar surface area (TPSA) is 13.1 Å². The van der Waals surface area contributed by atoms with Crippen molar-refractivity contribution in [1.82, 2.24) is 0 Å². The lowest BCUT2D eigenvalue weighted by atomic mass is 9.90. The fourth-order valence-corrected chi connectivity index (χ4v) is 3.14. The van der Waals surface area contributed by atoms with Gasteiger partial charge in [0.15, 0.2) is 0 Å². The quantitative estimate of drug-likeness (QED) is 0.646. The highest BCUT2D eigenvalue weighted by molar-refractivity contribution is 5.87. The summed E-state index contributed by atoms with van der Waals surface area (Å²) >= 11 is 0. The van der Waals surface area contributed by atoms with E-state index in [1.165, 1.54) is 22.1 Å². The molecule has 1 aromatic carbocycles. The number of furan rings is 1. The van der Waals surface area contributed by atoms with Crippen LogP contribution >= 0.6 is 0 Å². The summed E-state index contributed by atoms with van der Waals surface area (Å²) in [5.74, 6) is 1.31. The van der Waals surface area contributed by atoms with Crippen molar-refractivity contribution in [2.45, 2.75) is 12.3 Å². The number of benzene rings is 1. The van der Waals surface area contributed by atoms with E-state index < -0.39 is 0 Å². The highest BCUT2D eigenvalue weighted by Gasteiger charge is 2.27. The van der Waals surface area contributed by atoms with Crippen LogP contribution in [-0.2, 0) is 0 Å². The molecule has 0 amide bonds. The summed E-state index contributed by atoms with van der Waals surface area (Å²) in [6, 6.07) is 8.27. The molecule has 1 unspecified atom stereocenters. The molecule has 0 saturated carbocycles. The Morgan fingerprint density at radius 3 is 3.00 bits per heavy atom. The van der Waals surface area contributed by atoms with Gasteiger partial charge in [-0.25, -0.2) is 0 Å². The van der Waals surface area contributed by atoms with E-state index in [0.29, 0.717) is 5.92 Å². The lowest BCUT2D eigenvalue weighted by Gasteiger charge is -2.11. The summed E-state index contributed by atoms with van der Waals surface area (Å²) < 4.78 is 5.99. The normalized spacial score (nSPS) is 20.5. The van der Waals surface area contributed by atoms with Crippen LogP contribution in [0, 0.1) is 0 Å². The van der Waals surface area contributed by atoms with E-state index in [2.05, 4.69) is 43.0 Å². The first kappa shape index (κ1) is 10.6. The van der Waals surface area contributed by atoms with Gasteiger partial charge in [0.2, 0.25) is 0 Å². The number of para-hydroxylation sites is 1. The Morgan fingerprint density at radius 1 is 1.21 bits per heavy atom. The van der Waals surface area contributed by atoms with Crippen molar-refractivity contribution in [3.8, 4) is 0 Å². The highest BCUT2D eigenvalue weighted by atomic mass is 16.3. The molecule has 1 aromatic heterocycles. The number of rotatable bonds is 1. The Labute approximate surface area is 112 Å². The Balaban J connectivity index is 2.06. The fourth-order valence-electron chi connectivity index (χ4n) is 3.14. The van der Waals surface area contributed by atoms with Gasteiger partial charge >= 0.3 is 0 Å². The van der Waals surface area contributed by atoms with Gasteiger partial charge in [-0.1, -0.05) is 49.1 Å². The van der Waals surface area contributed by atoms with Crippen LogP contribution in [0.2, 0.25) is 0 Å². The van der Waals surface area contributed by atoms with Gasteiger partial charge in [0.1, 0.15) is 11.3 Å². The monoisotopic (exact) mass is 246 g/mol. The summed E-state index contributed by atoms with van der Waals surface area (Å²) in [6.07, 6.45) is 11.7. The van der Waals surface area contributed by atoms with Crippen molar-refractivity contribution in [3.63, 3.8) is 0 Å². The summed E-state index contributed by atoms with van der Waals surface area (Å²) in [7, 11) is 0. The molecule has 19 heavy (non-hydrogen) atoms. The fraction of sp³-hybridized carbons (Fsp3) is 0.111. The summed E-state index contributed by atoms with van der Waals surface area (Å²) in [6.45, 7) is 3.93. The predicted molar refractivity (Wildman–Crippen MR) is 79.0 cm³/mol. The molecule has 1 heteroatoms. The highest BCUT2D eigenvalue weighted by Crippen LogP contribution is 2.44. The van der Waals surface area contributed by atoms with Crippen LogP contribution in [0.1, 0.15) is 23.7 Å². The Morgan fingerprint density at radius 2 is 2.11 bits per heavy atom. The smallest absolute Gasteiger partial charge is 0.135 e. The molecule has 2 aliphatic carbocycles. The van der Waals surface area contributed by atoms with E-state index in [1.807, 2.05) is 18.2 Å². The van der Waals surface area contributed by atoms with E-state index in [-0.39, 0.29) is 0 Å². The molecule has 0 aliphatic heterocycles. The summed E-state index contributed by atoms with van der Waals surface area (Å²) in [5, 5.41) is 1.22. The summed E-state index contributed by atoms with van der Waals surface area (Å²) in [4.78, 5) is 0. The first-order valence-corrected chi connectivity index (χ1v) is 6.60. The van der Waals surface area contributed by atoms with Crippen LogP contribution in [0.4, 0.5) is 0 Å². The Bertz CT molecular complexity index is 768. The van der Waals surface area contributed by atoms with Crippen LogP contribution in [0.15, 0.2) is 70.7 Å². The van der Waals surface area contributed by atoms with Crippen molar-refractivity contribution in [1.29, 1.82) is 0 Å². The molecule has 0 saturated heterocycles. The maximum atomic E-state index is 5.99. The van der Waals surface area contributed by atoms with Crippen LogP contribution < -0.4 is 0 Å². The third-order valence-corrected chi connectivity index (χ3v) is 4.02. The maximum absolute atomic E-state index is 5.99. The second kappa shape index (κ2) is 3.86. The van der Waals surface area contributed by atoms with Gasteiger partial charge in [0.05, 0.1) is 0 Å². The van der Waals surface area contributed by atoms with Gasteiger partial charge in [-0.05, 0) is 29.7 Å². The lowest BCUT2D eigenvalue weighted by molar-refractivity contribution is 0.598. The minimum atomic E-state index is 0.335. The summed E-state index contributed by atoms with van der Waals surface area (Å²) in [5.41, 5.74) is 4.92. The zero-order valence-electron chi connectivity index (χ0n) is 10.6. The molecule has 92 valence electrons. The van der Waals surface area contributed by atoms with Gasteiger partial charge in [-0.15, -0.1) is 0 Å². The standard InChI is InChI=1S/C18H14O/c1-2-12-10-11-17-18(14-8-5-7-13(12)14)15-6-3-4-9-16(15)19-17/h2-6,8-11,14H,1,7H2. The van der Waals surface area contributed by atoms with Crippen molar-refractivity contribution in [2.24, 2.45) is 0 Å². The van der Waals surface area contributed by atoms with Crippen molar-refractivity contribution in [2.75, 3.05) is 0 Å². The molecule has 0 spiro atoms. The van der Waals surface area contributed by atoms with E-state index in [1.54, 1.807) is 0 Å². The van der Waals surface area contributed by atoms with Crippen LogP contribution in [-0.4, -0.2) is 0 Å². The Hall–Kier alpha value is -2.28. The van der Waals surface area contributed by atoms with Gasteiger partial charge in [-0.3, -0.25) is 0 Å². The van der Waals surface area contributed by atoms with Crippen molar-refractivity contribution in [3.05, 3.63) is 77.6 Å². The third-order valence-electron chi connectivity index (χ3n) is 4.02. The van der Waals surface area contributed by atoms with Crippen molar-refractivity contribution < 1.29 is 4.42 Å². The van der Waals surface area contributed by atoms with E-state index in [9.17, 15) is 0 Å². The molecule has 1 nitrogen and oxygen atoms in total. The van der Waals surface area contributed by atoms with Gasteiger partial charge in [0, 0.05) is 16.9 Å². The van der Waals surface area contributed by atoms with Crippen molar-refractivity contribution >= 4 is 17.0 Å². The predicted octanol–water partition coefficient (Wildman–Crippen LogP) is 4.99. The zero-order chi connectivity index (χ0) is 12.8. The van der Waals surface area contributed by atoms with E-state index in [0.717, 1.165) is 17.8 Å². The molecule has 4 rings (SSSR count). The Kier molecular flexibility index (Phi) is 2.16.